The van der Waals surface area contributed by atoms with Crippen molar-refractivity contribution in [2.24, 2.45) is 11.8 Å². The third kappa shape index (κ3) is 5.35. The van der Waals surface area contributed by atoms with Crippen molar-refractivity contribution >= 4 is 11.8 Å². The van der Waals surface area contributed by atoms with E-state index >= 15 is 0 Å². The first-order valence-corrected chi connectivity index (χ1v) is 14.0. The highest BCUT2D eigenvalue weighted by Gasteiger charge is 2.36. The zero-order valence-electron chi connectivity index (χ0n) is 22.1. The topological polar surface area (TPSA) is 71.8 Å². The molecular weight excluding hydrogens is 476 g/mol. The van der Waals surface area contributed by atoms with Crippen molar-refractivity contribution in [3.8, 4) is 5.75 Å². The van der Waals surface area contributed by atoms with E-state index in [1.807, 2.05) is 6.07 Å². The van der Waals surface area contributed by atoms with Crippen LogP contribution in [0.15, 0.2) is 59.0 Å². The van der Waals surface area contributed by atoms with Gasteiger partial charge in [0, 0.05) is 19.0 Å². The Morgan fingerprint density at radius 2 is 1.87 bits per heavy atom. The number of amides is 2. The summed E-state index contributed by atoms with van der Waals surface area (Å²) >= 11 is 0. The minimum atomic E-state index is -0.176. The highest BCUT2D eigenvalue weighted by atomic mass is 16.5. The number of hydrogen-bond acceptors (Lipinski definition) is 4. The van der Waals surface area contributed by atoms with Crippen molar-refractivity contribution in [1.29, 1.82) is 0 Å². The standard InChI is InChI=1S/C32H36N2O4/c1-21-5-4-8-25(17-21)30-28-18-26(12-11-23(28)15-16-34(30)32(36)24-6-2-3-7-24)37-20-27-13-14-29(38-27)31(35)33-19-22-9-10-22/h4-5,8,11-14,17-18,22,24,30H,2-3,6-7,9-10,15-16,19-20H2,1H3,(H,33,35). The van der Waals surface area contributed by atoms with Crippen LogP contribution in [0.5, 0.6) is 5.75 Å². The molecule has 0 radical (unpaired) electrons. The van der Waals surface area contributed by atoms with Gasteiger partial charge in [-0.3, -0.25) is 9.59 Å². The minimum Gasteiger partial charge on any atom is -0.486 e. The summed E-state index contributed by atoms with van der Waals surface area (Å²) in [6, 6.07) is 18.1. The molecule has 1 N–H and O–H groups in total. The third-order valence-electron chi connectivity index (χ3n) is 8.21. The second kappa shape index (κ2) is 10.7. The SMILES string of the molecule is Cc1cccc(C2c3cc(OCc4ccc(C(=O)NCC5CC5)o4)ccc3CCN2C(=O)C2CCCC2)c1. The van der Waals surface area contributed by atoms with Crippen LogP contribution in [0.25, 0.3) is 0 Å². The second-order valence-corrected chi connectivity index (χ2v) is 11.1. The lowest BCUT2D eigenvalue weighted by molar-refractivity contribution is -0.137. The molecule has 1 aromatic heterocycles. The molecule has 198 valence electrons. The summed E-state index contributed by atoms with van der Waals surface area (Å²) in [4.78, 5) is 28.1. The summed E-state index contributed by atoms with van der Waals surface area (Å²) in [7, 11) is 0. The van der Waals surface area contributed by atoms with Crippen molar-refractivity contribution in [3.63, 3.8) is 0 Å². The first-order valence-electron chi connectivity index (χ1n) is 14.0. The molecule has 2 heterocycles. The highest BCUT2D eigenvalue weighted by molar-refractivity contribution is 5.91. The average molecular weight is 513 g/mol. The molecule has 2 aromatic carbocycles. The smallest absolute Gasteiger partial charge is 0.287 e. The van der Waals surface area contributed by atoms with Gasteiger partial charge in [0.15, 0.2) is 5.76 Å². The number of nitrogens with one attached hydrogen (secondary N) is 1. The summed E-state index contributed by atoms with van der Waals surface area (Å²) < 4.78 is 11.9. The Kier molecular flexibility index (Phi) is 6.96. The monoisotopic (exact) mass is 512 g/mol. The Morgan fingerprint density at radius 1 is 1.03 bits per heavy atom. The van der Waals surface area contributed by atoms with Gasteiger partial charge in [-0.15, -0.1) is 0 Å². The molecule has 1 atom stereocenters. The fourth-order valence-corrected chi connectivity index (χ4v) is 5.91. The largest absolute Gasteiger partial charge is 0.486 e. The molecule has 6 rings (SSSR count). The fourth-order valence-electron chi connectivity index (χ4n) is 5.91. The van der Waals surface area contributed by atoms with Gasteiger partial charge in [0.25, 0.3) is 5.91 Å². The summed E-state index contributed by atoms with van der Waals surface area (Å²) in [5.41, 5.74) is 4.71. The number of aryl methyl sites for hydroxylation is 1. The molecule has 2 aliphatic carbocycles. The van der Waals surface area contributed by atoms with Gasteiger partial charge in [-0.2, -0.15) is 0 Å². The number of benzene rings is 2. The second-order valence-electron chi connectivity index (χ2n) is 11.1. The zero-order valence-corrected chi connectivity index (χ0v) is 22.1. The third-order valence-corrected chi connectivity index (χ3v) is 8.21. The van der Waals surface area contributed by atoms with Gasteiger partial charge in [-0.1, -0.05) is 48.7 Å². The van der Waals surface area contributed by atoms with E-state index in [9.17, 15) is 9.59 Å². The summed E-state index contributed by atoms with van der Waals surface area (Å²) in [5.74, 6) is 2.51. The quantitative estimate of drug-likeness (QED) is 0.404. The number of nitrogens with zero attached hydrogens (tertiary/aromatic N) is 1. The van der Waals surface area contributed by atoms with Crippen LogP contribution in [0.2, 0.25) is 0 Å². The predicted molar refractivity (Wildman–Crippen MR) is 145 cm³/mol. The highest BCUT2D eigenvalue weighted by Crippen LogP contribution is 2.40. The predicted octanol–water partition coefficient (Wildman–Crippen LogP) is 5.97. The number of fused-ring (bicyclic) bond motifs is 1. The molecule has 0 saturated heterocycles. The van der Waals surface area contributed by atoms with Crippen molar-refractivity contribution in [3.05, 3.63) is 88.4 Å². The maximum atomic E-state index is 13.7. The van der Waals surface area contributed by atoms with Crippen LogP contribution in [0.4, 0.5) is 0 Å². The number of carbonyl (C=O) groups excluding carboxylic acids is 2. The first-order chi connectivity index (χ1) is 18.5. The molecule has 6 heteroatoms. The van der Waals surface area contributed by atoms with E-state index in [-0.39, 0.29) is 30.4 Å². The molecule has 2 amide bonds. The van der Waals surface area contributed by atoms with E-state index in [1.165, 1.54) is 24.0 Å². The molecule has 2 saturated carbocycles. The lowest BCUT2D eigenvalue weighted by Crippen LogP contribution is -2.43. The Hall–Kier alpha value is -3.54. The summed E-state index contributed by atoms with van der Waals surface area (Å²) in [6.45, 7) is 3.77. The Balaban J connectivity index is 1.21. The van der Waals surface area contributed by atoms with Gasteiger partial charge >= 0.3 is 0 Å². The molecule has 2 fully saturated rings. The van der Waals surface area contributed by atoms with Gasteiger partial charge in [-0.05, 0) is 85.9 Å². The van der Waals surface area contributed by atoms with Crippen molar-refractivity contribution in [2.45, 2.75) is 64.5 Å². The van der Waals surface area contributed by atoms with Crippen molar-refractivity contribution < 1.29 is 18.7 Å². The van der Waals surface area contributed by atoms with E-state index in [4.69, 9.17) is 9.15 Å². The Morgan fingerprint density at radius 3 is 2.66 bits per heavy atom. The molecular formula is C32H36N2O4. The van der Waals surface area contributed by atoms with Gasteiger partial charge in [0.1, 0.15) is 18.1 Å². The molecule has 1 aliphatic heterocycles. The van der Waals surface area contributed by atoms with E-state index in [0.29, 0.717) is 24.0 Å². The van der Waals surface area contributed by atoms with Crippen LogP contribution in [0, 0.1) is 18.8 Å². The number of carbonyl (C=O) groups is 2. The summed E-state index contributed by atoms with van der Waals surface area (Å²) in [5, 5.41) is 2.93. The molecule has 3 aliphatic rings. The van der Waals surface area contributed by atoms with Crippen molar-refractivity contribution in [1.82, 2.24) is 10.2 Å². The first kappa shape index (κ1) is 24.8. The lowest BCUT2D eigenvalue weighted by atomic mass is 9.86. The van der Waals surface area contributed by atoms with Gasteiger partial charge < -0.3 is 19.4 Å². The fraction of sp³-hybridized carbons (Fsp3) is 0.438. The number of hydrogen-bond donors (Lipinski definition) is 1. The molecule has 38 heavy (non-hydrogen) atoms. The van der Waals surface area contributed by atoms with Crippen LogP contribution in [0.1, 0.15) is 83.1 Å². The molecule has 3 aromatic rings. The van der Waals surface area contributed by atoms with E-state index in [1.54, 1.807) is 12.1 Å². The van der Waals surface area contributed by atoms with Crippen molar-refractivity contribution in [2.75, 3.05) is 13.1 Å². The lowest BCUT2D eigenvalue weighted by Gasteiger charge is -2.39. The number of rotatable bonds is 8. The van der Waals surface area contributed by atoms with Gasteiger partial charge in [-0.25, -0.2) is 0 Å². The number of furan rings is 1. The zero-order chi connectivity index (χ0) is 26.1. The van der Waals surface area contributed by atoms with Gasteiger partial charge in [0.2, 0.25) is 5.91 Å². The van der Waals surface area contributed by atoms with E-state index in [2.05, 4.69) is 53.5 Å². The Bertz CT molecular complexity index is 1320. The molecule has 1 unspecified atom stereocenters. The normalized spacial score (nSPS) is 19.3. The van der Waals surface area contributed by atoms with E-state index in [0.717, 1.165) is 55.5 Å². The van der Waals surface area contributed by atoms with Crippen LogP contribution in [-0.4, -0.2) is 29.8 Å². The van der Waals surface area contributed by atoms with Crippen LogP contribution in [0.3, 0.4) is 0 Å². The molecule has 0 bridgehead atoms. The minimum absolute atomic E-state index is 0.124. The van der Waals surface area contributed by atoms with Gasteiger partial charge in [0.05, 0.1) is 6.04 Å². The summed E-state index contributed by atoms with van der Waals surface area (Å²) in [6.07, 6.45) is 7.50. The Labute approximate surface area is 224 Å². The molecule has 6 nitrogen and oxygen atoms in total. The van der Waals surface area contributed by atoms with E-state index < -0.39 is 0 Å². The maximum absolute atomic E-state index is 13.7. The maximum Gasteiger partial charge on any atom is 0.287 e. The number of ether oxygens (including phenoxy) is 1. The molecule has 0 spiro atoms. The van der Waals surface area contributed by atoms with Crippen LogP contribution < -0.4 is 10.1 Å². The van der Waals surface area contributed by atoms with Crippen LogP contribution >= 0.6 is 0 Å². The van der Waals surface area contributed by atoms with Crippen LogP contribution in [-0.2, 0) is 17.8 Å². The average Bonchev–Trinajstić information content (AvgIpc) is 3.37.